The lowest BCUT2D eigenvalue weighted by Gasteiger charge is -2.44. The molecule has 0 unspecified atom stereocenters. The van der Waals surface area contributed by atoms with E-state index in [9.17, 15) is 55.5 Å². The molecule has 2 heterocycles. The Bertz CT molecular complexity index is 1360. The fourth-order valence-corrected chi connectivity index (χ4v) is 6.83. The highest BCUT2D eigenvalue weighted by atomic mass is 16.6. The number of carbonyl (C=O) groups excluding carboxylic acids is 1. The number of methoxy groups -OCH3 is 1. The lowest BCUT2D eigenvalue weighted by molar-refractivity contribution is -0.302. The van der Waals surface area contributed by atoms with Gasteiger partial charge in [-0.2, -0.15) is 0 Å². The molecule has 1 fully saturated rings. The van der Waals surface area contributed by atoms with Gasteiger partial charge in [0.25, 0.3) is 0 Å². The predicted molar refractivity (Wildman–Crippen MR) is 270 cm³/mol. The minimum Gasteiger partial charge on any atom is -0.481 e. The summed E-state index contributed by atoms with van der Waals surface area (Å²) in [5.41, 5.74) is 0. The van der Waals surface area contributed by atoms with Gasteiger partial charge in [-0.3, -0.25) is 9.59 Å². The van der Waals surface area contributed by atoms with Crippen LogP contribution >= 0.6 is 0 Å². The minimum atomic E-state index is -2.19. The molecule has 0 amide bonds. The second-order valence-electron chi connectivity index (χ2n) is 15.9. The van der Waals surface area contributed by atoms with Gasteiger partial charge in [0.1, 0.15) is 12.0 Å². The summed E-state index contributed by atoms with van der Waals surface area (Å²) in [7, 11) is 1.42. The van der Waals surface area contributed by atoms with Crippen LogP contribution in [-0.4, -0.2) is 132 Å². The van der Waals surface area contributed by atoms with Crippen molar-refractivity contribution in [3.05, 3.63) is 72.9 Å². The molecule has 1 saturated heterocycles. The van der Waals surface area contributed by atoms with Crippen LogP contribution < -0.4 is 0 Å². The number of aliphatic hydroxyl groups excluding tert-OH is 7. The molecule has 67 heavy (non-hydrogen) atoms. The number of aliphatic hydroxyl groups is 8. The van der Waals surface area contributed by atoms with E-state index in [1.165, 1.54) is 13.5 Å². The zero-order chi connectivity index (χ0) is 52.5. The maximum Gasteiger partial charge on any atom is 0.311 e. The third-order valence-electron chi connectivity index (χ3n) is 10.3. The summed E-state index contributed by atoms with van der Waals surface area (Å²) in [4.78, 5) is 24.6. The number of aliphatic carboxylic acids is 1. The van der Waals surface area contributed by atoms with Gasteiger partial charge in [-0.15, -0.1) is 0 Å². The average Bonchev–Trinajstić information content (AvgIpc) is 3.29. The monoisotopic (exact) mass is 959 g/mol. The van der Waals surface area contributed by atoms with Crippen molar-refractivity contribution < 1.29 is 69.8 Å². The summed E-state index contributed by atoms with van der Waals surface area (Å²) in [5.74, 6) is -6.28. The second kappa shape index (κ2) is 44.2. The van der Waals surface area contributed by atoms with E-state index in [2.05, 4.69) is 13.8 Å². The van der Waals surface area contributed by atoms with Crippen LogP contribution in [0.5, 0.6) is 0 Å². The van der Waals surface area contributed by atoms with Gasteiger partial charge in [0.2, 0.25) is 0 Å². The zero-order valence-corrected chi connectivity index (χ0v) is 43.8. The summed E-state index contributed by atoms with van der Waals surface area (Å²) in [6.07, 6.45) is 11.3. The number of rotatable bonds is 2. The lowest BCUT2D eigenvalue weighted by Crippen LogP contribution is -2.56. The van der Waals surface area contributed by atoms with Crippen molar-refractivity contribution in [2.75, 3.05) is 7.11 Å². The number of ether oxygens (including phenoxy) is 3. The van der Waals surface area contributed by atoms with Crippen molar-refractivity contribution in [3.63, 3.8) is 0 Å². The summed E-state index contributed by atoms with van der Waals surface area (Å²) in [5, 5.41) is 95.6. The molecule has 14 atom stereocenters. The average molecular weight is 959 g/mol. The molecule has 9 N–H and O–H groups in total. The van der Waals surface area contributed by atoms with Crippen LogP contribution in [0.25, 0.3) is 0 Å². The van der Waals surface area contributed by atoms with E-state index in [-0.39, 0.29) is 38.0 Å². The molecular weight excluding hydrogens is 861 g/mol. The Labute approximate surface area is 405 Å². The Balaban J connectivity index is -0.00000166. The van der Waals surface area contributed by atoms with E-state index >= 15 is 0 Å². The third-order valence-corrected chi connectivity index (χ3v) is 10.3. The lowest BCUT2D eigenvalue weighted by atomic mass is 9.82. The Kier molecular flexibility index (Phi) is 46.5. The van der Waals surface area contributed by atoms with Gasteiger partial charge >= 0.3 is 11.9 Å². The molecule has 394 valence electrons. The van der Waals surface area contributed by atoms with Crippen molar-refractivity contribution >= 4 is 11.9 Å². The number of fused-ring (bicyclic) bond motifs is 2. The maximum atomic E-state index is 12.5. The summed E-state index contributed by atoms with van der Waals surface area (Å²) in [6, 6.07) is 0. The first-order valence-electron chi connectivity index (χ1n) is 25.0. The van der Waals surface area contributed by atoms with Gasteiger partial charge in [0, 0.05) is 38.2 Å². The largest absolute Gasteiger partial charge is 0.481 e. The number of carboxylic acids is 1. The van der Waals surface area contributed by atoms with Crippen LogP contribution in [0, 0.1) is 17.8 Å². The van der Waals surface area contributed by atoms with Crippen molar-refractivity contribution in [2.24, 2.45) is 17.8 Å². The number of hydrogen-bond donors (Lipinski definition) is 9. The van der Waals surface area contributed by atoms with Gasteiger partial charge < -0.3 is 60.2 Å². The van der Waals surface area contributed by atoms with Crippen LogP contribution in [0.15, 0.2) is 72.9 Å². The van der Waals surface area contributed by atoms with Crippen molar-refractivity contribution in [2.45, 2.75) is 227 Å². The first-order valence-corrected chi connectivity index (χ1v) is 25.0. The van der Waals surface area contributed by atoms with Gasteiger partial charge in [-0.05, 0) is 45.4 Å². The Morgan fingerprint density at radius 1 is 0.672 bits per heavy atom. The zero-order valence-electron chi connectivity index (χ0n) is 43.8. The Hall–Kier alpha value is -3.02. The number of carbonyl (C=O) groups is 2. The van der Waals surface area contributed by atoms with Gasteiger partial charge in [-0.25, -0.2) is 0 Å². The molecule has 0 spiro atoms. The number of carboxylic acid groups (broad SMARTS) is 1. The van der Waals surface area contributed by atoms with E-state index in [1.807, 2.05) is 111 Å². The smallest absolute Gasteiger partial charge is 0.311 e. The topological polar surface area (TPSA) is 244 Å². The number of hydrogen-bond acceptors (Lipinski definition) is 13. The molecule has 0 radical (unpaired) electrons. The van der Waals surface area contributed by atoms with E-state index in [0.717, 1.165) is 12.8 Å². The maximum absolute atomic E-state index is 12.5. The number of allylic oxidation sites excluding steroid dienone is 10. The van der Waals surface area contributed by atoms with E-state index in [4.69, 9.17) is 14.2 Å². The van der Waals surface area contributed by atoms with E-state index in [0.29, 0.717) is 0 Å². The van der Waals surface area contributed by atoms with E-state index < -0.39 is 110 Å². The highest BCUT2D eigenvalue weighted by Crippen LogP contribution is 2.37. The second-order valence-corrected chi connectivity index (χ2v) is 15.9. The number of cyclic esters (lactones) is 1. The van der Waals surface area contributed by atoms with Crippen molar-refractivity contribution in [1.29, 1.82) is 0 Å². The quantitative estimate of drug-likeness (QED) is 0.118. The molecule has 14 nitrogen and oxygen atoms in total. The molecule has 2 aliphatic heterocycles. The summed E-state index contributed by atoms with van der Waals surface area (Å²) in [6.45, 7) is 25.5. The highest BCUT2D eigenvalue weighted by molar-refractivity contribution is 5.71. The molecule has 14 heteroatoms. The SMILES string of the molecule is CC.CC.CC.CC.CCC.CO[C@H]1C=C/C=C/C=C/C=C/CC/C=C/C=C/[C@H](C)[C@@H](O)[C@@H](C)[C@H](C)OC(=O)C[C@H](O)C[C@H](O)C[C@H](O)CC[C@@H](O)[C@H](O)C[C@]2(O)C[C@H](O)[C@@H](C(=O)O)[C@H](C1)O2. The first-order chi connectivity index (χ1) is 31.9. The molecular formula is C53H98O14. The summed E-state index contributed by atoms with van der Waals surface area (Å²) < 4.78 is 16.8. The molecule has 0 aromatic rings. The molecule has 0 aliphatic carbocycles. The normalized spacial score (nSPS) is 35.5. The fraction of sp³-hybridized carbons (Fsp3) is 0.736. The molecule has 0 aromatic heterocycles. The molecule has 2 aliphatic rings. The van der Waals surface area contributed by atoms with Gasteiger partial charge in [0.05, 0.1) is 61.4 Å². The third kappa shape index (κ3) is 33.2. The van der Waals surface area contributed by atoms with Crippen molar-refractivity contribution in [3.8, 4) is 0 Å². The van der Waals surface area contributed by atoms with Crippen LogP contribution in [0.2, 0.25) is 0 Å². The summed E-state index contributed by atoms with van der Waals surface area (Å²) >= 11 is 0. The Morgan fingerprint density at radius 3 is 1.69 bits per heavy atom. The molecule has 0 saturated carbocycles. The predicted octanol–water partition coefficient (Wildman–Crippen LogP) is 8.29. The van der Waals surface area contributed by atoms with Crippen LogP contribution in [0.3, 0.4) is 0 Å². The standard InChI is InChI=1S/C42H66O14.C3H8.4C2H6/c1-27-17-15-13-11-9-7-5-6-8-10-12-14-16-18-33(54-4)24-37-39(41(51)52)36(48)26-42(53,56-37)25-35(47)34(46)20-19-30(43)21-31(44)22-32(45)23-38(49)55-29(3)28(2)40(27)50;1-3-2;4*1-2/h5-6,8,10-18,27-37,39-40,43-48,50,53H,7,9,19-26H2,1-4H3,(H,51,52);3H2,1-2H3;4*1-2H3/b6-5+,10-8+,13-11+,14-12+,17-15+,18-16?;;;;;/t27-,28-,29-,30+,31+,32+,33-,34+,35+,36-,37-,39+,40+,42+;;;;;/m0...../s1. The highest BCUT2D eigenvalue weighted by Gasteiger charge is 2.50. The van der Waals surface area contributed by atoms with Gasteiger partial charge in [-0.1, -0.05) is 162 Å². The molecule has 2 bridgehead atoms. The van der Waals surface area contributed by atoms with Crippen molar-refractivity contribution in [1.82, 2.24) is 0 Å². The van der Waals surface area contributed by atoms with Crippen LogP contribution in [0.1, 0.15) is 161 Å². The molecule has 2 rings (SSSR count). The molecule has 0 aromatic carbocycles. The first kappa shape index (κ1) is 70.5. The Morgan fingerprint density at radius 2 is 1.15 bits per heavy atom. The van der Waals surface area contributed by atoms with Crippen LogP contribution in [0.4, 0.5) is 0 Å². The van der Waals surface area contributed by atoms with Crippen LogP contribution in [-0.2, 0) is 23.8 Å². The minimum absolute atomic E-state index is 0.0532. The number of esters is 1. The van der Waals surface area contributed by atoms with E-state index in [1.54, 1.807) is 38.2 Å². The fourth-order valence-electron chi connectivity index (χ4n) is 6.83. The van der Waals surface area contributed by atoms with Gasteiger partial charge in [0.15, 0.2) is 5.79 Å².